The maximum atomic E-state index is 4.51. The molecule has 0 saturated heterocycles. The van der Waals surface area contributed by atoms with Crippen LogP contribution in [0.3, 0.4) is 0 Å². The molecule has 0 unspecified atom stereocenters. The van der Waals surface area contributed by atoms with Crippen molar-refractivity contribution < 1.29 is 0 Å². The lowest BCUT2D eigenvalue weighted by atomic mass is 9.91. The molecule has 0 aliphatic carbocycles. The maximum Gasteiger partial charge on any atom is 0.0382 e. The second-order valence-electron chi connectivity index (χ2n) is 6.63. The van der Waals surface area contributed by atoms with Crippen LogP contribution in [-0.4, -0.2) is 4.98 Å². The number of aromatic nitrogens is 1. The van der Waals surface area contributed by atoms with Crippen molar-refractivity contribution in [2.45, 2.75) is 13.8 Å². The highest BCUT2D eigenvalue weighted by molar-refractivity contribution is 5.87. The summed E-state index contributed by atoms with van der Waals surface area (Å²) in [6.07, 6.45) is 0. The average molecular weight is 335 g/mol. The van der Waals surface area contributed by atoms with Gasteiger partial charge >= 0.3 is 0 Å². The number of nitrogens with zero attached hydrogens (tertiary/aromatic N) is 1. The highest BCUT2D eigenvalue weighted by atomic mass is 14.7. The van der Waals surface area contributed by atoms with Gasteiger partial charge in [0.1, 0.15) is 0 Å². The summed E-state index contributed by atoms with van der Waals surface area (Å²) in [6, 6.07) is 32.2. The van der Waals surface area contributed by atoms with Crippen LogP contribution >= 0.6 is 0 Å². The van der Waals surface area contributed by atoms with Gasteiger partial charge in [0.05, 0.1) is 0 Å². The number of pyridine rings is 1. The van der Waals surface area contributed by atoms with E-state index < -0.39 is 0 Å². The molecule has 0 saturated carbocycles. The number of hydrogen-bond donors (Lipinski definition) is 0. The summed E-state index contributed by atoms with van der Waals surface area (Å²) in [5.41, 5.74) is 9.51. The molecule has 0 bridgehead atoms. The fraction of sp³-hybridized carbons (Fsp3) is 0.0800. The number of rotatable bonds is 3. The lowest BCUT2D eigenvalue weighted by molar-refractivity contribution is 1.12. The van der Waals surface area contributed by atoms with Gasteiger partial charge in [-0.3, -0.25) is 4.98 Å². The largest absolute Gasteiger partial charge is 0.258 e. The van der Waals surface area contributed by atoms with Crippen molar-refractivity contribution in [3.8, 4) is 33.4 Å². The van der Waals surface area contributed by atoms with Crippen molar-refractivity contribution in [3.63, 3.8) is 0 Å². The van der Waals surface area contributed by atoms with E-state index in [4.69, 9.17) is 0 Å². The molecular weight excluding hydrogens is 314 g/mol. The summed E-state index contributed by atoms with van der Waals surface area (Å²) in [6.45, 7) is 4.10. The van der Waals surface area contributed by atoms with E-state index in [1.807, 2.05) is 13.8 Å². The van der Waals surface area contributed by atoms with Gasteiger partial charge in [0.25, 0.3) is 0 Å². The quantitative estimate of drug-likeness (QED) is 0.406. The zero-order valence-corrected chi connectivity index (χ0v) is 15.1. The summed E-state index contributed by atoms with van der Waals surface area (Å²) in [4.78, 5) is 4.51. The Labute approximate surface area is 155 Å². The summed E-state index contributed by atoms with van der Waals surface area (Å²) >= 11 is 0. The minimum atomic E-state index is 1.05. The highest BCUT2D eigenvalue weighted by Crippen LogP contribution is 2.35. The van der Waals surface area contributed by atoms with Crippen molar-refractivity contribution in [2.24, 2.45) is 0 Å². The van der Waals surface area contributed by atoms with Gasteiger partial charge in [-0.25, -0.2) is 0 Å². The molecule has 1 nitrogen and oxygen atoms in total. The third-order valence-electron chi connectivity index (χ3n) is 4.60. The lowest BCUT2D eigenvalue weighted by Crippen LogP contribution is -1.90. The van der Waals surface area contributed by atoms with E-state index in [2.05, 4.69) is 96.0 Å². The van der Waals surface area contributed by atoms with E-state index in [0.717, 1.165) is 11.4 Å². The van der Waals surface area contributed by atoms with E-state index in [9.17, 15) is 0 Å². The molecule has 0 atom stereocenters. The molecule has 126 valence electrons. The van der Waals surface area contributed by atoms with Gasteiger partial charge in [0, 0.05) is 11.4 Å². The number of hydrogen-bond acceptors (Lipinski definition) is 1. The van der Waals surface area contributed by atoms with Crippen LogP contribution in [0, 0.1) is 13.8 Å². The predicted octanol–water partition coefficient (Wildman–Crippen LogP) is 6.70. The molecule has 3 aromatic carbocycles. The Morgan fingerprint density at radius 1 is 0.462 bits per heavy atom. The smallest absolute Gasteiger partial charge is 0.0382 e. The van der Waals surface area contributed by atoms with Crippen LogP contribution in [0.2, 0.25) is 0 Å². The van der Waals surface area contributed by atoms with Gasteiger partial charge < -0.3 is 0 Å². The number of aryl methyl sites for hydroxylation is 2. The Balaban J connectivity index is 1.92. The average Bonchev–Trinajstić information content (AvgIpc) is 2.68. The molecule has 26 heavy (non-hydrogen) atoms. The SMILES string of the molecule is Cc1cc(-c2ccc(-c3ccccc3)c(-c3ccccc3)c2)cc(C)n1. The molecular formula is C25H21N. The van der Waals surface area contributed by atoms with Crippen LogP contribution in [0.1, 0.15) is 11.4 Å². The van der Waals surface area contributed by atoms with Crippen LogP contribution in [0.25, 0.3) is 33.4 Å². The second-order valence-corrected chi connectivity index (χ2v) is 6.63. The van der Waals surface area contributed by atoms with Crippen molar-refractivity contribution in [1.29, 1.82) is 0 Å². The standard InChI is InChI=1S/C25H21N/c1-18-15-23(16-19(2)26-18)22-13-14-24(20-9-5-3-6-10-20)25(17-22)21-11-7-4-8-12-21/h3-17H,1-2H3. The first-order valence-corrected chi connectivity index (χ1v) is 8.91. The van der Waals surface area contributed by atoms with Crippen molar-refractivity contribution in [1.82, 2.24) is 4.98 Å². The van der Waals surface area contributed by atoms with Crippen LogP contribution in [0.5, 0.6) is 0 Å². The number of benzene rings is 3. The third-order valence-corrected chi connectivity index (χ3v) is 4.60. The van der Waals surface area contributed by atoms with Gasteiger partial charge in [-0.1, -0.05) is 72.8 Å². The highest BCUT2D eigenvalue weighted by Gasteiger charge is 2.10. The van der Waals surface area contributed by atoms with E-state index in [1.165, 1.54) is 33.4 Å². The van der Waals surface area contributed by atoms with Gasteiger partial charge in [-0.05, 0) is 65.4 Å². The van der Waals surface area contributed by atoms with E-state index in [0.29, 0.717) is 0 Å². The molecule has 0 aliphatic rings. The summed E-state index contributed by atoms with van der Waals surface area (Å²) < 4.78 is 0. The zero-order valence-electron chi connectivity index (χ0n) is 15.1. The minimum Gasteiger partial charge on any atom is -0.258 e. The molecule has 0 spiro atoms. The van der Waals surface area contributed by atoms with Gasteiger partial charge in [0.2, 0.25) is 0 Å². The monoisotopic (exact) mass is 335 g/mol. The molecule has 4 rings (SSSR count). The van der Waals surface area contributed by atoms with Gasteiger partial charge in [-0.15, -0.1) is 0 Å². The molecule has 4 aromatic rings. The first kappa shape index (κ1) is 16.3. The summed E-state index contributed by atoms with van der Waals surface area (Å²) in [5.74, 6) is 0. The Kier molecular flexibility index (Phi) is 4.37. The van der Waals surface area contributed by atoms with Crippen molar-refractivity contribution in [2.75, 3.05) is 0 Å². The molecule has 0 amide bonds. The third kappa shape index (κ3) is 3.29. The second kappa shape index (κ2) is 6.97. The topological polar surface area (TPSA) is 12.9 Å². The fourth-order valence-electron chi connectivity index (χ4n) is 3.45. The van der Waals surface area contributed by atoms with Crippen LogP contribution < -0.4 is 0 Å². The fourth-order valence-corrected chi connectivity index (χ4v) is 3.45. The Bertz CT molecular complexity index is 1010. The van der Waals surface area contributed by atoms with Gasteiger partial charge in [0.15, 0.2) is 0 Å². The maximum absolute atomic E-state index is 4.51. The molecule has 1 heterocycles. The first-order valence-electron chi connectivity index (χ1n) is 8.91. The predicted molar refractivity (Wildman–Crippen MR) is 110 cm³/mol. The van der Waals surface area contributed by atoms with Crippen LogP contribution in [0.4, 0.5) is 0 Å². The van der Waals surface area contributed by atoms with Gasteiger partial charge in [-0.2, -0.15) is 0 Å². The molecule has 0 N–H and O–H groups in total. The zero-order chi connectivity index (χ0) is 17.9. The normalized spacial score (nSPS) is 10.7. The molecule has 1 aromatic heterocycles. The van der Waals surface area contributed by atoms with E-state index in [1.54, 1.807) is 0 Å². The Morgan fingerprint density at radius 2 is 1.00 bits per heavy atom. The van der Waals surface area contributed by atoms with Crippen molar-refractivity contribution >= 4 is 0 Å². The summed E-state index contributed by atoms with van der Waals surface area (Å²) in [7, 11) is 0. The van der Waals surface area contributed by atoms with Crippen molar-refractivity contribution in [3.05, 3.63) is 102 Å². The van der Waals surface area contributed by atoms with Crippen LogP contribution in [0.15, 0.2) is 91.0 Å². The molecule has 0 fully saturated rings. The molecule has 0 aliphatic heterocycles. The van der Waals surface area contributed by atoms with E-state index >= 15 is 0 Å². The first-order chi connectivity index (χ1) is 12.7. The molecule has 1 heteroatoms. The lowest BCUT2D eigenvalue weighted by Gasteiger charge is -2.14. The van der Waals surface area contributed by atoms with E-state index in [-0.39, 0.29) is 0 Å². The Morgan fingerprint density at radius 3 is 1.58 bits per heavy atom. The minimum absolute atomic E-state index is 1.05. The molecule has 0 radical (unpaired) electrons. The Hall–Kier alpha value is -3.19. The van der Waals surface area contributed by atoms with Crippen LogP contribution in [-0.2, 0) is 0 Å². The summed E-state index contributed by atoms with van der Waals surface area (Å²) in [5, 5.41) is 0.